The highest BCUT2D eigenvalue weighted by molar-refractivity contribution is 6.00. The van der Waals surface area contributed by atoms with Gasteiger partial charge in [-0.1, -0.05) is 58.3 Å². The van der Waals surface area contributed by atoms with Crippen LogP contribution in [0.4, 0.5) is 18.9 Å². The number of nitrogens with zero attached hydrogens (tertiary/aromatic N) is 1. The van der Waals surface area contributed by atoms with E-state index in [4.69, 9.17) is 9.47 Å². The first kappa shape index (κ1) is 28.1. The van der Waals surface area contributed by atoms with Crippen molar-refractivity contribution in [3.63, 3.8) is 0 Å². The SMILES string of the molecule is CCCCCCCCCCCC1=[N+](c2ccc(C(F)(F)F)cc2)C(C)Cc2cc(OC)c(OC)cc21. The van der Waals surface area contributed by atoms with Gasteiger partial charge in [0.25, 0.3) is 0 Å². The zero-order valence-corrected chi connectivity index (χ0v) is 22.2. The molecule has 0 spiro atoms. The normalized spacial score (nSPS) is 15.7. The number of hydrogen-bond acceptors (Lipinski definition) is 2. The van der Waals surface area contributed by atoms with E-state index in [2.05, 4.69) is 18.4 Å². The average molecular weight is 505 g/mol. The Kier molecular flexibility index (Phi) is 10.3. The molecule has 1 unspecified atom stereocenters. The summed E-state index contributed by atoms with van der Waals surface area (Å²) in [6, 6.07) is 9.75. The van der Waals surface area contributed by atoms with Gasteiger partial charge in [0.15, 0.2) is 23.3 Å². The van der Waals surface area contributed by atoms with Crippen LogP contribution in [0, 0.1) is 0 Å². The number of benzene rings is 2. The third-order valence-electron chi connectivity index (χ3n) is 7.16. The molecule has 1 heterocycles. The summed E-state index contributed by atoms with van der Waals surface area (Å²) >= 11 is 0. The molecule has 0 radical (unpaired) electrons. The molecule has 0 saturated carbocycles. The zero-order valence-electron chi connectivity index (χ0n) is 22.2. The molecule has 3 nitrogen and oxygen atoms in total. The zero-order chi connectivity index (χ0) is 26.1. The predicted octanol–water partition coefficient (Wildman–Crippen LogP) is 8.72. The summed E-state index contributed by atoms with van der Waals surface area (Å²) < 4.78 is 52.9. The third-order valence-corrected chi connectivity index (χ3v) is 7.16. The van der Waals surface area contributed by atoms with Crippen LogP contribution in [0.3, 0.4) is 0 Å². The van der Waals surface area contributed by atoms with Crippen LogP contribution >= 0.6 is 0 Å². The van der Waals surface area contributed by atoms with Crippen molar-refractivity contribution in [3.8, 4) is 11.5 Å². The van der Waals surface area contributed by atoms with E-state index in [0.29, 0.717) is 11.5 Å². The number of rotatable bonds is 13. The summed E-state index contributed by atoms with van der Waals surface area (Å²) in [5.41, 5.74) is 3.61. The Hall–Kier alpha value is -2.50. The highest BCUT2D eigenvalue weighted by Gasteiger charge is 2.35. The Balaban J connectivity index is 1.87. The van der Waals surface area contributed by atoms with Crippen LogP contribution < -0.4 is 9.47 Å². The lowest BCUT2D eigenvalue weighted by Crippen LogP contribution is -2.34. The van der Waals surface area contributed by atoms with E-state index in [9.17, 15) is 13.2 Å². The van der Waals surface area contributed by atoms with Crippen molar-refractivity contribution < 1.29 is 27.2 Å². The van der Waals surface area contributed by atoms with Gasteiger partial charge in [-0.2, -0.15) is 17.7 Å². The molecule has 0 amide bonds. The van der Waals surface area contributed by atoms with Crippen LogP contribution in [0.25, 0.3) is 0 Å². The highest BCUT2D eigenvalue weighted by Crippen LogP contribution is 2.37. The first-order chi connectivity index (χ1) is 17.3. The maximum absolute atomic E-state index is 13.2. The van der Waals surface area contributed by atoms with E-state index >= 15 is 0 Å². The van der Waals surface area contributed by atoms with Gasteiger partial charge in [-0.15, -0.1) is 0 Å². The molecule has 2 aromatic rings. The van der Waals surface area contributed by atoms with E-state index in [1.165, 1.54) is 62.6 Å². The summed E-state index contributed by atoms with van der Waals surface area (Å²) in [6.07, 6.45) is 8.51. The van der Waals surface area contributed by atoms with Crippen molar-refractivity contribution in [2.45, 2.75) is 96.7 Å². The van der Waals surface area contributed by atoms with E-state index in [-0.39, 0.29) is 6.04 Å². The minimum atomic E-state index is -4.34. The Morgan fingerprint density at radius 2 is 1.39 bits per heavy atom. The Labute approximate surface area is 214 Å². The van der Waals surface area contributed by atoms with Crippen molar-refractivity contribution in [3.05, 3.63) is 53.1 Å². The van der Waals surface area contributed by atoms with Gasteiger partial charge in [0, 0.05) is 30.5 Å². The van der Waals surface area contributed by atoms with Crippen LogP contribution in [0.5, 0.6) is 11.5 Å². The van der Waals surface area contributed by atoms with Crippen LogP contribution in [-0.2, 0) is 12.6 Å². The van der Waals surface area contributed by atoms with Crippen LogP contribution in [-0.4, -0.2) is 30.5 Å². The smallest absolute Gasteiger partial charge is 0.416 e. The van der Waals surface area contributed by atoms with Gasteiger partial charge < -0.3 is 9.47 Å². The molecule has 3 rings (SSSR count). The second-order valence-electron chi connectivity index (χ2n) is 9.86. The summed E-state index contributed by atoms with van der Waals surface area (Å²) in [5.74, 6) is 1.37. The van der Waals surface area contributed by atoms with Gasteiger partial charge in [0.1, 0.15) is 0 Å². The van der Waals surface area contributed by atoms with E-state index in [1.807, 2.05) is 12.1 Å². The predicted molar refractivity (Wildman–Crippen MR) is 140 cm³/mol. The average Bonchev–Trinajstić information content (AvgIpc) is 2.86. The summed E-state index contributed by atoms with van der Waals surface area (Å²) in [5, 5.41) is 0. The maximum Gasteiger partial charge on any atom is 0.416 e. The van der Waals surface area contributed by atoms with E-state index in [1.54, 1.807) is 26.4 Å². The minimum absolute atomic E-state index is 0.112. The molecule has 0 N–H and O–H groups in total. The maximum atomic E-state index is 13.2. The molecule has 198 valence electrons. The lowest BCUT2D eigenvalue weighted by atomic mass is 9.89. The molecule has 0 fully saturated rings. The van der Waals surface area contributed by atoms with Gasteiger partial charge in [-0.25, -0.2) is 0 Å². The largest absolute Gasteiger partial charge is 0.493 e. The van der Waals surface area contributed by atoms with Crippen molar-refractivity contribution in [1.29, 1.82) is 0 Å². The molecule has 0 bridgehead atoms. The lowest BCUT2D eigenvalue weighted by molar-refractivity contribution is -0.483. The minimum Gasteiger partial charge on any atom is -0.493 e. The molecule has 0 aromatic heterocycles. The molecule has 0 saturated heterocycles. The Morgan fingerprint density at radius 1 is 0.833 bits per heavy atom. The molecule has 1 aliphatic heterocycles. The van der Waals surface area contributed by atoms with Crippen molar-refractivity contribution in [2.24, 2.45) is 0 Å². The summed E-state index contributed by atoms with van der Waals surface area (Å²) in [6.45, 7) is 4.37. The molecule has 1 aliphatic rings. The van der Waals surface area contributed by atoms with E-state index < -0.39 is 11.7 Å². The van der Waals surface area contributed by atoms with E-state index in [0.717, 1.165) is 42.6 Å². The van der Waals surface area contributed by atoms with Crippen molar-refractivity contribution in [1.82, 2.24) is 0 Å². The van der Waals surface area contributed by atoms with Gasteiger partial charge in [0.05, 0.1) is 19.8 Å². The number of ether oxygens (including phenoxy) is 2. The highest BCUT2D eigenvalue weighted by atomic mass is 19.4. The second kappa shape index (κ2) is 13.2. The summed E-state index contributed by atoms with van der Waals surface area (Å²) in [7, 11) is 3.27. The topological polar surface area (TPSA) is 21.5 Å². The fraction of sp³-hybridized carbons (Fsp3) is 0.567. The standard InChI is InChI=1S/C30H41F3NO2/c1-5-6-7-8-9-10-11-12-13-14-27-26-21-29(36-4)28(35-3)20-23(26)19-22(2)34(27)25-17-15-24(16-18-25)30(31,32)33/h15-18,20-22H,5-14,19H2,1-4H3/q+1. The number of unbranched alkanes of at least 4 members (excludes halogenated alkanes) is 8. The molecule has 36 heavy (non-hydrogen) atoms. The summed E-state index contributed by atoms with van der Waals surface area (Å²) in [4.78, 5) is 0. The number of hydrogen-bond donors (Lipinski definition) is 0. The third kappa shape index (κ3) is 7.04. The first-order valence-corrected chi connectivity index (χ1v) is 13.4. The number of alkyl halides is 3. The van der Waals surface area contributed by atoms with Crippen LogP contribution in [0.2, 0.25) is 0 Å². The van der Waals surface area contributed by atoms with Gasteiger partial charge >= 0.3 is 6.18 Å². The van der Waals surface area contributed by atoms with Crippen LogP contribution in [0.1, 0.15) is 94.7 Å². The number of halogens is 3. The fourth-order valence-electron chi connectivity index (χ4n) is 5.24. The van der Waals surface area contributed by atoms with Gasteiger partial charge in [-0.05, 0) is 43.2 Å². The molecule has 6 heteroatoms. The molecule has 2 aromatic carbocycles. The second-order valence-corrected chi connectivity index (χ2v) is 9.86. The first-order valence-electron chi connectivity index (χ1n) is 13.4. The van der Waals surface area contributed by atoms with Crippen molar-refractivity contribution >= 4 is 11.4 Å². The Morgan fingerprint density at radius 3 is 1.94 bits per heavy atom. The van der Waals surface area contributed by atoms with Crippen molar-refractivity contribution in [2.75, 3.05) is 14.2 Å². The lowest BCUT2D eigenvalue weighted by Gasteiger charge is -2.25. The number of fused-ring (bicyclic) bond motifs is 1. The molecule has 1 atom stereocenters. The van der Waals surface area contributed by atoms with Gasteiger partial charge in [-0.3, -0.25) is 0 Å². The fourth-order valence-corrected chi connectivity index (χ4v) is 5.24. The van der Waals surface area contributed by atoms with Crippen LogP contribution in [0.15, 0.2) is 36.4 Å². The molecule has 0 aliphatic carbocycles. The monoisotopic (exact) mass is 504 g/mol. The quantitative estimate of drug-likeness (QED) is 0.201. The molecular weight excluding hydrogens is 463 g/mol. The molecular formula is C30H41F3NO2+. The van der Waals surface area contributed by atoms with Gasteiger partial charge in [0.2, 0.25) is 5.69 Å². The Bertz CT molecular complexity index is 1010. The number of methoxy groups -OCH3 is 2.